The van der Waals surface area contributed by atoms with Gasteiger partial charge in [-0.2, -0.15) is 0 Å². The summed E-state index contributed by atoms with van der Waals surface area (Å²) in [6.07, 6.45) is 2.11. The van der Waals surface area contributed by atoms with Crippen molar-refractivity contribution < 1.29 is 19.0 Å². The van der Waals surface area contributed by atoms with Crippen molar-refractivity contribution in [1.82, 2.24) is 4.90 Å². The minimum atomic E-state index is -1.50. The van der Waals surface area contributed by atoms with Crippen molar-refractivity contribution in [2.75, 3.05) is 19.8 Å². The zero-order valence-corrected chi connectivity index (χ0v) is 11.6. The van der Waals surface area contributed by atoms with Crippen molar-refractivity contribution in [3.05, 3.63) is 35.6 Å². The van der Waals surface area contributed by atoms with E-state index in [9.17, 15) is 14.3 Å². The number of hydrogen-bond acceptors (Lipinski definition) is 3. The van der Waals surface area contributed by atoms with Crippen molar-refractivity contribution in [1.29, 1.82) is 0 Å². The fourth-order valence-electron chi connectivity index (χ4n) is 2.38. The number of benzene rings is 1. The molecule has 1 fully saturated rings. The Morgan fingerprint density at radius 3 is 2.80 bits per heavy atom. The molecule has 1 amide bonds. The van der Waals surface area contributed by atoms with E-state index < -0.39 is 5.72 Å². The summed E-state index contributed by atoms with van der Waals surface area (Å²) in [6, 6.07) is 5.53. The first-order chi connectivity index (χ1) is 9.58. The van der Waals surface area contributed by atoms with Gasteiger partial charge in [0.2, 0.25) is 5.91 Å². The summed E-state index contributed by atoms with van der Waals surface area (Å²) >= 11 is 0. The molecule has 0 spiro atoms. The average molecular weight is 281 g/mol. The summed E-state index contributed by atoms with van der Waals surface area (Å²) in [4.78, 5) is 13.7. The Hall–Kier alpha value is -1.46. The number of morpholine rings is 1. The number of rotatable bonds is 4. The van der Waals surface area contributed by atoms with Crippen LogP contribution in [0.5, 0.6) is 0 Å². The Bertz CT molecular complexity index is 463. The average Bonchev–Trinajstić information content (AvgIpc) is 2.45. The normalized spacial score (nSPS) is 22.9. The molecule has 1 aliphatic rings. The number of ether oxygens (including phenoxy) is 1. The first kappa shape index (κ1) is 14.9. The van der Waals surface area contributed by atoms with E-state index >= 15 is 0 Å². The number of unbranched alkanes of at least 4 members (excludes halogenated alkanes) is 1. The molecule has 1 heterocycles. The molecule has 1 aromatic carbocycles. The fourth-order valence-corrected chi connectivity index (χ4v) is 2.38. The van der Waals surface area contributed by atoms with Crippen LogP contribution in [0.3, 0.4) is 0 Å². The van der Waals surface area contributed by atoms with E-state index in [0.717, 1.165) is 12.8 Å². The van der Waals surface area contributed by atoms with Crippen LogP contribution in [0, 0.1) is 5.82 Å². The molecule has 0 radical (unpaired) electrons. The summed E-state index contributed by atoms with van der Waals surface area (Å²) in [5.74, 6) is -0.472. The molecule has 0 unspecified atom stereocenters. The fraction of sp³-hybridized carbons (Fsp3) is 0.533. The van der Waals surface area contributed by atoms with Crippen molar-refractivity contribution in [2.45, 2.75) is 31.9 Å². The van der Waals surface area contributed by atoms with Crippen LogP contribution in [0.4, 0.5) is 4.39 Å². The summed E-state index contributed by atoms with van der Waals surface area (Å²) in [5.41, 5.74) is -1.03. The van der Waals surface area contributed by atoms with Crippen LogP contribution in [-0.4, -0.2) is 35.7 Å². The molecule has 5 heteroatoms. The molecule has 2 rings (SSSR count). The molecule has 1 saturated heterocycles. The number of hydrogen-bond donors (Lipinski definition) is 1. The van der Waals surface area contributed by atoms with Crippen molar-refractivity contribution in [2.24, 2.45) is 0 Å². The van der Waals surface area contributed by atoms with Crippen LogP contribution >= 0.6 is 0 Å². The van der Waals surface area contributed by atoms with Gasteiger partial charge in [0.05, 0.1) is 13.2 Å². The summed E-state index contributed by atoms with van der Waals surface area (Å²) < 4.78 is 18.3. The molecule has 0 aromatic heterocycles. The van der Waals surface area contributed by atoms with E-state index in [1.165, 1.54) is 29.2 Å². The number of carbonyl (C=O) groups is 1. The van der Waals surface area contributed by atoms with Crippen LogP contribution in [-0.2, 0) is 15.3 Å². The molecule has 1 aromatic rings. The van der Waals surface area contributed by atoms with Gasteiger partial charge in [0, 0.05) is 18.5 Å². The summed E-state index contributed by atoms with van der Waals surface area (Å²) in [7, 11) is 0. The highest BCUT2D eigenvalue weighted by Gasteiger charge is 2.41. The lowest BCUT2D eigenvalue weighted by atomic mass is 9.99. The van der Waals surface area contributed by atoms with Crippen LogP contribution in [0.2, 0.25) is 0 Å². The van der Waals surface area contributed by atoms with Crippen LogP contribution in [0.25, 0.3) is 0 Å². The molecular formula is C15H20FNO3. The van der Waals surface area contributed by atoms with Crippen molar-refractivity contribution in [3.63, 3.8) is 0 Å². The van der Waals surface area contributed by atoms with Gasteiger partial charge in [-0.3, -0.25) is 4.79 Å². The van der Waals surface area contributed by atoms with Crippen LogP contribution in [0.1, 0.15) is 31.7 Å². The van der Waals surface area contributed by atoms with Gasteiger partial charge in [0.25, 0.3) is 0 Å². The molecule has 4 nitrogen and oxygen atoms in total. The molecule has 1 atom stereocenters. The SMILES string of the molecule is CCCCC(=O)N1CCOC[C@@]1(O)c1ccc(F)cc1. The van der Waals surface area contributed by atoms with Gasteiger partial charge >= 0.3 is 0 Å². The van der Waals surface area contributed by atoms with E-state index in [1.807, 2.05) is 6.92 Å². The Balaban J connectivity index is 2.24. The largest absolute Gasteiger partial charge is 0.374 e. The highest BCUT2D eigenvalue weighted by Crippen LogP contribution is 2.30. The van der Waals surface area contributed by atoms with Gasteiger partial charge in [0.1, 0.15) is 5.82 Å². The van der Waals surface area contributed by atoms with Gasteiger partial charge in [0.15, 0.2) is 5.72 Å². The van der Waals surface area contributed by atoms with Gasteiger partial charge < -0.3 is 14.7 Å². The predicted octanol–water partition coefficient (Wildman–Crippen LogP) is 2.02. The lowest BCUT2D eigenvalue weighted by molar-refractivity contribution is -0.203. The van der Waals surface area contributed by atoms with Gasteiger partial charge in [-0.05, 0) is 18.6 Å². The molecular weight excluding hydrogens is 261 g/mol. The first-order valence-corrected chi connectivity index (χ1v) is 6.94. The minimum Gasteiger partial charge on any atom is -0.374 e. The maximum Gasteiger partial charge on any atom is 0.225 e. The topological polar surface area (TPSA) is 49.8 Å². The molecule has 1 N–H and O–H groups in total. The molecule has 0 bridgehead atoms. The highest BCUT2D eigenvalue weighted by molar-refractivity contribution is 5.77. The van der Waals surface area contributed by atoms with Crippen LogP contribution < -0.4 is 0 Å². The van der Waals surface area contributed by atoms with Crippen molar-refractivity contribution >= 4 is 5.91 Å². The lowest BCUT2D eigenvalue weighted by Gasteiger charge is -2.43. The van der Waals surface area contributed by atoms with Gasteiger partial charge in [-0.1, -0.05) is 25.5 Å². The molecule has 0 aliphatic carbocycles. The second-order valence-corrected chi connectivity index (χ2v) is 5.03. The third-order valence-corrected chi connectivity index (χ3v) is 3.56. The molecule has 1 aliphatic heterocycles. The quantitative estimate of drug-likeness (QED) is 0.918. The van der Waals surface area contributed by atoms with Crippen molar-refractivity contribution in [3.8, 4) is 0 Å². The zero-order chi connectivity index (χ0) is 14.6. The van der Waals surface area contributed by atoms with Gasteiger partial charge in [-0.25, -0.2) is 4.39 Å². The minimum absolute atomic E-state index is 0.0104. The van der Waals surface area contributed by atoms with E-state index in [0.29, 0.717) is 25.1 Å². The number of nitrogens with zero attached hydrogens (tertiary/aromatic N) is 1. The smallest absolute Gasteiger partial charge is 0.225 e. The number of aliphatic hydroxyl groups is 1. The Kier molecular flexibility index (Phi) is 4.73. The van der Waals surface area contributed by atoms with E-state index in [4.69, 9.17) is 4.74 Å². The number of halogens is 1. The second kappa shape index (κ2) is 6.33. The maximum atomic E-state index is 13.0. The lowest BCUT2D eigenvalue weighted by Crippen LogP contribution is -2.56. The highest BCUT2D eigenvalue weighted by atomic mass is 19.1. The molecule has 0 saturated carbocycles. The van der Waals surface area contributed by atoms with E-state index in [-0.39, 0.29) is 18.3 Å². The third kappa shape index (κ3) is 2.99. The summed E-state index contributed by atoms with van der Waals surface area (Å²) in [6.45, 7) is 2.77. The first-order valence-electron chi connectivity index (χ1n) is 6.94. The monoisotopic (exact) mass is 281 g/mol. The Morgan fingerprint density at radius 1 is 1.45 bits per heavy atom. The zero-order valence-electron chi connectivity index (χ0n) is 11.6. The maximum absolute atomic E-state index is 13.0. The second-order valence-electron chi connectivity index (χ2n) is 5.03. The molecule has 20 heavy (non-hydrogen) atoms. The van der Waals surface area contributed by atoms with E-state index in [2.05, 4.69) is 0 Å². The summed E-state index contributed by atoms with van der Waals surface area (Å²) in [5, 5.41) is 10.8. The number of carbonyl (C=O) groups excluding carboxylic acids is 1. The molecule has 110 valence electrons. The van der Waals surface area contributed by atoms with Crippen LogP contribution in [0.15, 0.2) is 24.3 Å². The Labute approximate surface area is 118 Å². The predicted molar refractivity (Wildman–Crippen MR) is 72.4 cm³/mol. The van der Waals surface area contributed by atoms with E-state index in [1.54, 1.807) is 0 Å². The number of amides is 1. The Morgan fingerprint density at radius 2 is 2.15 bits per heavy atom. The van der Waals surface area contributed by atoms with Gasteiger partial charge in [-0.15, -0.1) is 0 Å². The third-order valence-electron chi connectivity index (χ3n) is 3.56. The standard InChI is InChI=1S/C15H20FNO3/c1-2-3-4-14(18)17-9-10-20-11-15(17,19)12-5-7-13(16)8-6-12/h5-8,19H,2-4,9-11H2,1H3/t15-/m1/s1.